The van der Waals surface area contributed by atoms with Crippen LogP contribution in [-0.2, 0) is 28.7 Å². The first-order chi connectivity index (χ1) is 15.8. The molecule has 0 radical (unpaired) electrons. The molecule has 0 aromatic heterocycles. The third kappa shape index (κ3) is 3.20. The molecule has 6 nitrogen and oxygen atoms in total. The van der Waals surface area contributed by atoms with Crippen molar-refractivity contribution in [3.63, 3.8) is 0 Å². The molecule has 4 aliphatic carbocycles. The molecule has 1 unspecified atom stereocenters. The van der Waals surface area contributed by atoms with E-state index in [4.69, 9.17) is 9.47 Å². The van der Waals surface area contributed by atoms with Gasteiger partial charge in [-0.2, -0.15) is 0 Å². The number of carbonyl (C=O) groups excluding carboxylic acids is 4. The maximum atomic E-state index is 13.2. The molecule has 0 spiro atoms. The normalized spacial score (nSPS) is 40.9. The molecular weight excluding hydrogens is 432 g/mol. The summed E-state index contributed by atoms with van der Waals surface area (Å²) in [5.41, 5.74) is 0.908. The molecule has 0 heterocycles. The maximum Gasteiger partial charge on any atom is 0.306 e. The molecule has 0 bridgehead atoms. The lowest BCUT2D eigenvalue weighted by molar-refractivity contribution is -0.187. The van der Waals surface area contributed by atoms with E-state index in [-0.39, 0.29) is 41.7 Å². The van der Waals surface area contributed by atoms with Crippen LogP contribution < -0.4 is 0 Å². The third-order valence-corrected chi connectivity index (χ3v) is 9.27. The lowest BCUT2D eigenvalue weighted by Gasteiger charge is -2.55. The van der Waals surface area contributed by atoms with Gasteiger partial charge in [0, 0.05) is 36.5 Å². The molecule has 2 saturated carbocycles. The van der Waals surface area contributed by atoms with E-state index < -0.39 is 28.5 Å². The monoisotopic (exact) mass is 468 g/mol. The standard InChI is InChI=1S/C28H36O6/c1-8-25(32)34-28(17(4)29)16(3)12-22-19-11-15(2)21-13-23(31)24(33-18(5)30)14-26(21,6)20(19)9-10-27(22,28)7/h9,13,16,19,22,24H,2,8,10-12,14H2,1,3-7H3/t16-,19+,22-,24?,26+,27-,28-/m0/s1. The highest BCUT2D eigenvalue weighted by atomic mass is 16.6. The van der Waals surface area contributed by atoms with Gasteiger partial charge in [-0.1, -0.05) is 51.5 Å². The van der Waals surface area contributed by atoms with Crippen molar-refractivity contribution >= 4 is 23.5 Å². The van der Waals surface area contributed by atoms with E-state index >= 15 is 0 Å². The molecule has 2 fully saturated rings. The highest BCUT2D eigenvalue weighted by Gasteiger charge is 2.69. The van der Waals surface area contributed by atoms with Crippen LogP contribution in [0.3, 0.4) is 0 Å². The van der Waals surface area contributed by atoms with Crippen molar-refractivity contribution in [3.05, 3.63) is 35.5 Å². The minimum Gasteiger partial charge on any atom is -0.454 e. The van der Waals surface area contributed by atoms with Gasteiger partial charge in [0.25, 0.3) is 0 Å². The molecular formula is C28H36O6. The second-order valence-electron chi connectivity index (χ2n) is 11.2. The van der Waals surface area contributed by atoms with Gasteiger partial charge in [-0.15, -0.1) is 0 Å². The van der Waals surface area contributed by atoms with Crippen molar-refractivity contribution in [2.45, 2.75) is 85.4 Å². The molecule has 0 amide bonds. The Morgan fingerprint density at radius 3 is 2.47 bits per heavy atom. The fourth-order valence-electron chi connectivity index (χ4n) is 7.84. The van der Waals surface area contributed by atoms with Gasteiger partial charge < -0.3 is 9.47 Å². The summed E-state index contributed by atoms with van der Waals surface area (Å²) in [5.74, 6) is -0.978. The van der Waals surface area contributed by atoms with Crippen LogP contribution in [0.25, 0.3) is 0 Å². The quantitative estimate of drug-likeness (QED) is 0.440. The topological polar surface area (TPSA) is 86.7 Å². The summed E-state index contributed by atoms with van der Waals surface area (Å²) in [6, 6.07) is 0. The summed E-state index contributed by atoms with van der Waals surface area (Å²) in [6.45, 7) is 15.2. The van der Waals surface area contributed by atoms with Crippen molar-refractivity contribution < 1.29 is 28.7 Å². The maximum absolute atomic E-state index is 13.2. The molecule has 0 N–H and O–H groups in total. The fraction of sp³-hybridized carbons (Fsp3) is 0.643. The first-order valence-electron chi connectivity index (χ1n) is 12.4. The average Bonchev–Trinajstić information content (AvgIpc) is 2.97. The summed E-state index contributed by atoms with van der Waals surface area (Å²) >= 11 is 0. The predicted octanol–water partition coefficient (Wildman–Crippen LogP) is 4.67. The van der Waals surface area contributed by atoms with Crippen molar-refractivity contribution in [1.82, 2.24) is 0 Å². The molecule has 6 heteroatoms. The zero-order valence-corrected chi connectivity index (χ0v) is 21.2. The molecule has 7 atom stereocenters. The van der Waals surface area contributed by atoms with Gasteiger partial charge in [-0.25, -0.2) is 0 Å². The van der Waals surface area contributed by atoms with Gasteiger partial charge in [-0.3, -0.25) is 19.2 Å². The largest absolute Gasteiger partial charge is 0.454 e. The summed E-state index contributed by atoms with van der Waals surface area (Å²) in [5, 5.41) is 0. The fourth-order valence-corrected chi connectivity index (χ4v) is 7.84. The SMILES string of the molecule is C=C1C[C@@H]2C(=CC[C@@]3(C)[C@H]2C[C@H](C)[C@]3(OC(=O)CC)C(C)=O)[C@@]2(C)CC(OC(C)=O)C(=O)C=C12. The van der Waals surface area contributed by atoms with Crippen LogP contribution in [-0.4, -0.2) is 35.2 Å². The van der Waals surface area contributed by atoms with E-state index in [0.717, 1.165) is 17.6 Å². The Morgan fingerprint density at radius 1 is 1.21 bits per heavy atom. The van der Waals surface area contributed by atoms with E-state index in [1.165, 1.54) is 12.5 Å². The summed E-state index contributed by atoms with van der Waals surface area (Å²) in [4.78, 5) is 50.0. The number of Topliss-reactive ketones (excluding diaryl/α,β-unsaturated/α-hetero) is 1. The van der Waals surface area contributed by atoms with E-state index in [1.54, 1.807) is 19.9 Å². The van der Waals surface area contributed by atoms with Crippen LogP contribution in [0.15, 0.2) is 35.5 Å². The van der Waals surface area contributed by atoms with Crippen molar-refractivity contribution in [2.75, 3.05) is 0 Å². The Kier molecular flexibility index (Phi) is 5.81. The molecule has 184 valence electrons. The lowest BCUT2D eigenvalue weighted by Crippen LogP contribution is -2.58. The third-order valence-electron chi connectivity index (χ3n) is 9.27. The zero-order valence-electron chi connectivity index (χ0n) is 21.2. The van der Waals surface area contributed by atoms with Crippen LogP contribution >= 0.6 is 0 Å². The number of hydrogen-bond donors (Lipinski definition) is 0. The molecule has 34 heavy (non-hydrogen) atoms. The van der Waals surface area contributed by atoms with E-state index in [1.807, 2.05) is 6.92 Å². The minimum atomic E-state index is -1.16. The number of rotatable bonds is 4. The number of esters is 2. The Labute approximate surface area is 201 Å². The number of allylic oxidation sites excluding steroid dienone is 4. The highest BCUT2D eigenvalue weighted by molar-refractivity contribution is 5.98. The molecule has 0 aliphatic heterocycles. The number of fused-ring (bicyclic) bond motifs is 5. The van der Waals surface area contributed by atoms with Gasteiger partial charge in [0.15, 0.2) is 23.3 Å². The highest BCUT2D eigenvalue weighted by Crippen LogP contribution is 2.68. The van der Waals surface area contributed by atoms with Gasteiger partial charge in [-0.05, 0) is 49.7 Å². The minimum absolute atomic E-state index is 0.0942. The summed E-state index contributed by atoms with van der Waals surface area (Å²) < 4.78 is 11.4. The summed E-state index contributed by atoms with van der Waals surface area (Å²) in [6.07, 6.45) is 5.69. The molecule has 0 saturated heterocycles. The van der Waals surface area contributed by atoms with Gasteiger partial charge in [0.05, 0.1) is 0 Å². The van der Waals surface area contributed by atoms with Gasteiger partial charge in [0.1, 0.15) is 0 Å². The van der Waals surface area contributed by atoms with Crippen molar-refractivity contribution in [1.29, 1.82) is 0 Å². The number of ether oxygens (including phenoxy) is 2. The number of hydrogen-bond acceptors (Lipinski definition) is 6. The first kappa shape index (κ1) is 24.6. The Morgan fingerprint density at radius 2 is 1.88 bits per heavy atom. The molecule has 4 rings (SSSR count). The Hall–Kier alpha value is -2.50. The van der Waals surface area contributed by atoms with Gasteiger partial charge in [0.2, 0.25) is 0 Å². The van der Waals surface area contributed by atoms with Crippen molar-refractivity contribution in [3.8, 4) is 0 Å². The summed E-state index contributed by atoms with van der Waals surface area (Å²) in [7, 11) is 0. The number of ketones is 2. The average molecular weight is 469 g/mol. The second kappa shape index (κ2) is 8.03. The predicted molar refractivity (Wildman–Crippen MR) is 126 cm³/mol. The Balaban J connectivity index is 1.81. The molecule has 4 aliphatic rings. The number of carbonyl (C=O) groups is 4. The van der Waals surface area contributed by atoms with Crippen LogP contribution in [0.1, 0.15) is 73.6 Å². The van der Waals surface area contributed by atoms with E-state index in [0.29, 0.717) is 19.3 Å². The van der Waals surface area contributed by atoms with E-state index in [9.17, 15) is 19.2 Å². The Bertz CT molecular complexity index is 1050. The molecule has 0 aromatic carbocycles. The van der Waals surface area contributed by atoms with Crippen molar-refractivity contribution in [2.24, 2.45) is 28.6 Å². The van der Waals surface area contributed by atoms with Crippen LogP contribution in [0.2, 0.25) is 0 Å². The first-order valence-corrected chi connectivity index (χ1v) is 12.4. The van der Waals surface area contributed by atoms with Crippen LogP contribution in [0.4, 0.5) is 0 Å². The second-order valence-corrected chi connectivity index (χ2v) is 11.2. The van der Waals surface area contributed by atoms with Crippen LogP contribution in [0.5, 0.6) is 0 Å². The van der Waals surface area contributed by atoms with Crippen LogP contribution in [0, 0.1) is 28.6 Å². The lowest BCUT2D eigenvalue weighted by atomic mass is 9.49. The molecule has 0 aromatic rings. The van der Waals surface area contributed by atoms with Gasteiger partial charge >= 0.3 is 11.9 Å². The zero-order chi connectivity index (χ0) is 25.2. The van der Waals surface area contributed by atoms with E-state index in [2.05, 4.69) is 26.5 Å². The smallest absolute Gasteiger partial charge is 0.306 e.